The largest absolute Gasteiger partial charge is 0.468 e. The minimum atomic E-state index is -0.433. The first-order chi connectivity index (χ1) is 11.8. The molecule has 0 unspecified atom stereocenters. The van der Waals surface area contributed by atoms with E-state index in [9.17, 15) is 4.39 Å². The molecule has 5 nitrogen and oxygen atoms in total. The molecule has 2 bridgehead atoms. The van der Waals surface area contributed by atoms with Crippen LogP contribution < -0.4 is 4.74 Å². The predicted octanol–water partition coefficient (Wildman–Crippen LogP) is 2.43. The lowest BCUT2D eigenvalue weighted by Gasteiger charge is -2.30. The highest BCUT2D eigenvalue weighted by molar-refractivity contribution is 5.15. The van der Waals surface area contributed by atoms with Crippen molar-refractivity contribution in [3.8, 4) is 5.88 Å². The molecule has 2 fully saturated rings. The van der Waals surface area contributed by atoms with Crippen molar-refractivity contribution in [1.82, 2.24) is 14.9 Å². The summed E-state index contributed by atoms with van der Waals surface area (Å²) >= 11 is 0. The topological polar surface area (TPSA) is 47.5 Å². The number of hydrogen-bond donors (Lipinski definition) is 0. The molecule has 3 heterocycles. The van der Waals surface area contributed by atoms with Gasteiger partial charge < -0.3 is 9.47 Å². The van der Waals surface area contributed by atoms with Crippen LogP contribution >= 0.6 is 0 Å². The van der Waals surface area contributed by atoms with Gasteiger partial charge in [0.25, 0.3) is 5.88 Å². The van der Waals surface area contributed by atoms with Crippen LogP contribution in [0.25, 0.3) is 0 Å². The van der Waals surface area contributed by atoms with Crippen LogP contribution in [-0.2, 0) is 11.3 Å². The van der Waals surface area contributed by atoms with Crippen molar-refractivity contribution in [2.45, 2.75) is 37.6 Å². The highest BCUT2D eigenvalue weighted by atomic mass is 19.1. The smallest absolute Gasteiger partial charge is 0.250 e. The fourth-order valence-corrected chi connectivity index (χ4v) is 3.60. The molecule has 2 aromatic rings. The molecule has 1 aliphatic carbocycles. The number of halogens is 1. The van der Waals surface area contributed by atoms with E-state index in [1.54, 1.807) is 18.5 Å². The molecule has 0 amide bonds. The van der Waals surface area contributed by atoms with Gasteiger partial charge in [0, 0.05) is 31.5 Å². The minimum Gasteiger partial charge on any atom is -0.468 e. The lowest BCUT2D eigenvalue weighted by molar-refractivity contribution is 0.000128. The van der Waals surface area contributed by atoms with Gasteiger partial charge >= 0.3 is 0 Å². The zero-order valence-corrected chi connectivity index (χ0v) is 13.3. The summed E-state index contributed by atoms with van der Waals surface area (Å²) in [6.45, 7) is 2.22. The lowest BCUT2D eigenvalue weighted by Crippen LogP contribution is -2.44. The van der Waals surface area contributed by atoms with E-state index < -0.39 is 5.82 Å². The fraction of sp³-hybridized carbons (Fsp3) is 0.444. The maximum absolute atomic E-state index is 13.9. The Morgan fingerprint density at radius 1 is 1.17 bits per heavy atom. The summed E-state index contributed by atoms with van der Waals surface area (Å²) in [7, 11) is 0. The molecule has 0 radical (unpaired) electrons. The summed E-state index contributed by atoms with van der Waals surface area (Å²) < 4.78 is 25.8. The SMILES string of the molecule is Fc1cccnc1O[C@H]1[C@H]2CC[C@H]1OCCN2Cc1ccccn1. The molecular weight excluding hydrogens is 309 g/mol. The van der Waals surface area contributed by atoms with Crippen LogP contribution in [0.5, 0.6) is 5.88 Å². The number of hydrogen-bond acceptors (Lipinski definition) is 5. The number of rotatable bonds is 4. The number of pyridine rings is 2. The van der Waals surface area contributed by atoms with Crippen molar-refractivity contribution in [2.24, 2.45) is 0 Å². The maximum Gasteiger partial charge on any atom is 0.250 e. The van der Waals surface area contributed by atoms with Gasteiger partial charge in [0.1, 0.15) is 6.10 Å². The van der Waals surface area contributed by atoms with Crippen molar-refractivity contribution >= 4 is 0 Å². The zero-order chi connectivity index (χ0) is 16.4. The number of nitrogens with zero attached hydrogens (tertiary/aromatic N) is 3. The predicted molar refractivity (Wildman–Crippen MR) is 86.0 cm³/mol. The molecular formula is C18H20FN3O2. The molecule has 1 saturated carbocycles. The van der Waals surface area contributed by atoms with E-state index in [0.29, 0.717) is 6.61 Å². The second-order valence-corrected chi connectivity index (χ2v) is 6.22. The maximum atomic E-state index is 13.9. The lowest BCUT2D eigenvalue weighted by atomic mass is 10.1. The standard InChI is InChI=1S/C18H20FN3O2/c19-14-5-3-9-21-18(14)24-17-15-6-7-16(17)23-11-10-22(15)12-13-4-1-2-8-20-13/h1-5,8-9,15-17H,6-7,10-12H2/t15-,16-,17+/m1/s1. The van der Waals surface area contributed by atoms with E-state index in [1.807, 2.05) is 18.2 Å². The van der Waals surface area contributed by atoms with Gasteiger partial charge in [0.2, 0.25) is 0 Å². The molecule has 2 aliphatic rings. The Balaban J connectivity index is 1.54. The zero-order valence-electron chi connectivity index (χ0n) is 13.3. The molecule has 24 heavy (non-hydrogen) atoms. The van der Waals surface area contributed by atoms with Crippen LogP contribution in [0.2, 0.25) is 0 Å². The molecule has 1 aliphatic heterocycles. The van der Waals surface area contributed by atoms with Gasteiger partial charge in [-0.15, -0.1) is 0 Å². The van der Waals surface area contributed by atoms with Crippen molar-refractivity contribution in [2.75, 3.05) is 13.2 Å². The average molecular weight is 329 g/mol. The molecule has 6 heteroatoms. The normalized spacial score (nSPS) is 27.0. The van der Waals surface area contributed by atoms with Crippen LogP contribution in [0.4, 0.5) is 4.39 Å². The third kappa shape index (κ3) is 3.12. The van der Waals surface area contributed by atoms with Gasteiger partial charge in [-0.3, -0.25) is 9.88 Å². The Morgan fingerprint density at radius 3 is 2.92 bits per heavy atom. The Kier molecular flexibility index (Phi) is 4.40. The van der Waals surface area contributed by atoms with Gasteiger partial charge in [-0.25, -0.2) is 9.37 Å². The molecule has 0 aromatic carbocycles. The van der Waals surface area contributed by atoms with Gasteiger partial charge in [-0.05, 0) is 37.1 Å². The summed E-state index contributed by atoms with van der Waals surface area (Å²) in [6.07, 6.45) is 5.02. The van der Waals surface area contributed by atoms with Crippen molar-refractivity contribution in [1.29, 1.82) is 0 Å². The van der Waals surface area contributed by atoms with Crippen LogP contribution in [-0.4, -0.2) is 46.3 Å². The monoisotopic (exact) mass is 329 g/mol. The number of fused-ring (bicyclic) bond motifs is 2. The molecule has 0 N–H and O–H groups in total. The van der Waals surface area contributed by atoms with E-state index in [0.717, 1.165) is 31.6 Å². The highest BCUT2D eigenvalue weighted by Crippen LogP contribution is 2.33. The van der Waals surface area contributed by atoms with Crippen molar-refractivity contribution in [3.05, 3.63) is 54.2 Å². The number of aromatic nitrogens is 2. The second kappa shape index (κ2) is 6.83. The van der Waals surface area contributed by atoms with Crippen LogP contribution in [0.15, 0.2) is 42.7 Å². The molecule has 0 spiro atoms. The molecule has 126 valence electrons. The third-order valence-corrected chi connectivity index (χ3v) is 4.74. The van der Waals surface area contributed by atoms with E-state index in [2.05, 4.69) is 14.9 Å². The van der Waals surface area contributed by atoms with Gasteiger partial charge in [-0.2, -0.15) is 0 Å². The first kappa shape index (κ1) is 15.5. The summed E-state index contributed by atoms with van der Waals surface area (Å²) in [5.41, 5.74) is 1.02. The van der Waals surface area contributed by atoms with Gasteiger partial charge in [0.15, 0.2) is 5.82 Å². The van der Waals surface area contributed by atoms with Gasteiger partial charge in [-0.1, -0.05) is 6.07 Å². The fourth-order valence-electron chi connectivity index (χ4n) is 3.60. The van der Waals surface area contributed by atoms with Crippen LogP contribution in [0.3, 0.4) is 0 Å². The molecule has 2 aromatic heterocycles. The van der Waals surface area contributed by atoms with E-state index in [4.69, 9.17) is 9.47 Å². The first-order valence-electron chi connectivity index (χ1n) is 8.34. The quantitative estimate of drug-likeness (QED) is 0.862. The Bertz CT molecular complexity index is 685. The van der Waals surface area contributed by atoms with Crippen LogP contribution in [0.1, 0.15) is 18.5 Å². The second-order valence-electron chi connectivity index (χ2n) is 6.22. The number of ether oxygens (including phenoxy) is 2. The summed E-state index contributed by atoms with van der Waals surface area (Å²) in [6, 6.07) is 9.04. The van der Waals surface area contributed by atoms with Crippen LogP contribution in [0, 0.1) is 5.82 Å². The summed E-state index contributed by atoms with van der Waals surface area (Å²) in [5, 5.41) is 0. The minimum absolute atomic E-state index is 0.00913. The highest BCUT2D eigenvalue weighted by Gasteiger charge is 2.44. The molecule has 3 atom stereocenters. The van der Waals surface area contributed by atoms with Gasteiger partial charge in [0.05, 0.1) is 18.4 Å². The summed E-state index contributed by atoms with van der Waals surface area (Å²) in [5.74, 6) is -0.375. The Morgan fingerprint density at radius 2 is 2.08 bits per heavy atom. The van der Waals surface area contributed by atoms with E-state index in [-0.39, 0.29) is 24.1 Å². The first-order valence-corrected chi connectivity index (χ1v) is 8.34. The molecule has 4 rings (SSSR count). The van der Waals surface area contributed by atoms with E-state index in [1.165, 1.54) is 6.07 Å². The molecule has 1 saturated heterocycles. The van der Waals surface area contributed by atoms with Crippen molar-refractivity contribution < 1.29 is 13.9 Å². The van der Waals surface area contributed by atoms with E-state index >= 15 is 0 Å². The Hall–Kier alpha value is -2.05. The third-order valence-electron chi connectivity index (χ3n) is 4.74. The average Bonchev–Trinajstić information content (AvgIpc) is 2.91. The summed E-state index contributed by atoms with van der Waals surface area (Å²) in [4.78, 5) is 10.8. The van der Waals surface area contributed by atoms with Crippen molar-refractivity contribution in [3.63, 3.8) is 0 Å². The Labute approximate surface area is 140 Å².